The molecule has 0 aliphatic heterocycles. The summed E-state index contributed by atoms with van der Waals surface area (Å²) in [6.45, 7) is -0.215. The monoisotopic (exact) mass is 249 g/mol. The molecule has 7 heteroatoms. The van der Waals surface area contributed by atoms with E-state index in [0.717, 1.165) is 0 Å². The Morgan fingerprint density at radius 3 is 2.89 bits per heavy atom. The van der Waals surface area contributed by atoms with Crippen molar-refractivity contribution in [2.75, 3.05) is 12.8 Å². The highest BCUT2D eigenvalue weighted by Gasteiger charge is 2.16. The Hall–Kier alpha value is -2.57. The van der Waals surface area contributed by atoms with Crippen molar-refractivity contribution in [3.05, 3.63) is 24.0 Å². The third-order valence-corrected chi connectivity index (χ3v) is 2.54. The zero-order valence-corrected chi connectivity index (χ0v) is 9.58. The number of fused-ring (bicyclic) bond motifs is 1. The highest BCUT2D eigenvalue weighted by molar-refractivity contribution is 6.03. The van der Waals surface area contributed by atoms with E-state index in [4.69, 9.17) is 10.8 Å². The first-order valence-electron chi connectivity index (χ1n) is 5.08. The SMILES string of the molecule is COC(=O)c1cnc2c(ccn2CC(=O)O)c1N. The van der Waals surface area contributed by atoms with E-state index in [1.54, 1.807) is 12.3 Å². The summed E-state index contributed by atoms with van der Waals surface area (Å²) in [5.74, 6) is -1.56. The summed E-state index contributed by atoms with van der Waals surface area (Å²) in [7, 11) is 1.25. The quantitative estimate of drug-likeness (QED) is 0.766. The number of carboxylic acids is 1. The summed E-state index contributed by atoms with van der Waals surface area (Å²) >= 11 is 0. The zero-order valence-electron chi connectivity index (χ0n) is 9.58. The summed E-state index contributed by atoms with van der Waals surface area (Å²) in [5, 5.41) is 9.27. The van der Waals surface area contributed by atoms with Crippen LogP contribution in [-0.4, -0.2) is 33.7 Å². The van der Waals surface area contributed by atoms with Gasteiger partial charge in [-0.25, -0.2) is 9.78 Å². The van der Waals surface area contributed by atoms with Gasteiger partial charge in [0, 0.05) is 17.8 Å². The van der Waals surface area contributed by atoms with E-state index in [0.29, 0.717) is 11.0 Å². The maximum atomic E-state index is 11.4. The molecule has 94 valence electrons. The van der Waals surface area contributed by atoms with Crippen LogP contribution in [0.25, 0.3) is 11.0 Å². The molecule has 0 unspecified atom stereocenters. The summed E-state index contributed by atoms with van der Waals surface area (Å²) in [5.41, 5.74) is 6.65. The van der Waals surface area contributed by atoms with Crippen LogP contribution in [0, 0.1) is 0 Å². The number of nitrogens with zero attached hydrogens (tertiary/aromatic N) is 2. The van der Waals surface area contributed by atoms with E-state index in [9.17, 15) is 9.59 Å². The van der Waals surface area contributed by atoms with Gasteiger partial charge in [0.15, 0.2) is 0 Å². The van der Waals surface area contributed by atoms with Crippen LogP contribution < -0.4 is 5.73 Å². The first-order chi connectivity index (χ1) is 8.54. The van der Waals surface area contributed by atoms with Gasteiger partial charge < -0.3 is 20.1 Å². The molecule has 0 aromatic carbocycles. The van der Waals surface area contributed by atoms with E-state index >= 15 is 0 Å². The van der Waals surface area contributed by atoms with Crippen molar-refractivity contribution in [2.24, 2.45) is 0 Å². The number of anilines is 1. The fourth-order valence-corrected chi connectivity index (χ4v) is 1.70. The van der Waals surface area contributed by atoms with E-state index in [1.807, 2.05) is 0 Å². The van der Waals surface area contributed by atoms with Crippen molar-refractivity contribution in [3.63, 3.8) is 0 Å². The number of pyridine rings is 1. The first-order valence-corrected chi connectivity index (χ1v) is 5.08. The number of esters is 1. The van der Waals surface area contributed by atoms with Gasteiger partial charge in [0.25, 0.3) is 0 Å². The molecule has 0 radical (unpaired) electrons. The molecule has 0 spiro atoms. The predicted octanol–water partition coefficient (Wildman–Crippen LogP) is 0.490. The number of nitrogen functional groups attached to an aromatic ring is 1. The highest BCUT2D eigenvalue weighted by atomic mass is 16.5. The average molecular weight is 249 g/mol. The number of carbonyl (C=O) groups excluding carboxylic acids is 1. The second-order valence-corrected chi connectivity index (χ2v) is 3.65. The van der Waals surface area contributed by atoms with Crippen molar-refractivity contribution >= 4 is 28.7 Å². The largest absolute Gasteiger partial charge is 0.480 e. The van der Waals surface area contributed by atoms with Gasteiger partial charge in [0.2, 0.25) is 0 Å². The minimum absolute atomic E-state index is 0.165. The number of aromatic nitrogens is 2. The number of hydrogen-bond donors (Lipinski definition) is 2. The van der Waals surface area contributed by atoms with Crippen molar-refractivity contribution in [3.8, 4) is 0 Å². The number of ether oxygens (including phenoxy) is 1. The molecule has 0 fully saturated rings. The lowest BCUT2D eigenvalue weighted by molar-refractivity contribution is -0.137. The number of carboxylic acid groups (broad SMARTS) is 1. The Morgan fingerprint density at radius 1 is 1.56 bits per heavy atom. The molecule has 2 rings (SSSR count). The maximum Gasteiger partial charge on any atom is 0.341 e. The van der Waals surface area contributed by atoms with Crippen molar-refractivity contribution < 1.29 is 19.4 Å². The molecule has 0 bridgehead atoms. The van der Waals surface area contributed by atoms with Crippen LogP contribution in [0.15, 0.2) is 18.5 Å². The third-order valence-electron chi connectivity index (χ3n) is 2.54. The third kappa shape index (κ3) is 1.86. The number of aliphatic carboxylic acids is 1. The van der Waals surface area contributed by atoms with Gasteiger partial charge in [-0.2, -0.15) is 0 Å². The molecule has 2 aromatic rings. The van der Waals surface area contributed by atoms with E-state index < -0.39 is 11.9 Å². The van der Waals surface area contributed by atoms with E-state index in [2.05, 4.69) is 9.72 Å². The molecular formula is C11H11N3O4. The van der Waals surface area contributed by atoms with Crippen LogP contribution in [0.3, 0.4) is 0 Å². The molecule has 3 N–H and O–H groups in total. The summed E-state index contributed by atoms with van der Waals surface area (Å²) in [4.78, 5) is 26.1. The number of methoxy groups -OCH3 is 1. The molecule has 0 aliphatic rings. The standard InChI is InChI=1S/C11H11N3O4/c1-18-11(17)7-4-13-10-6(9(7)12)2-3-14(10)5-8(15)16/h2-4H,5H2,1H3,(H2,12,13)(H,15,16). The van der Waals surface area contributed by atoms with Crippen LogP contribution >= 0.6 is 0 Å². The highest BCUT2D eigenvalue weighted by Crippen LogP contribution is 2.24. The lowest BCUT2D eigenvalue weighted by Gasteiger charge is -2.05. The smallest absolute Gasteiger partial charge is 0.341 e. The Kier molecular flexibility index (Phi) is 2.88. The van der Waals surface area contributed by atoms with Crippen LogP contribution in [0.2, 0.25) is 0 Å². The molecule has 0 saturated heterocycles. The van der Waals surface area contributed by atoms with Gasteiger partial charge in [-0.3, -0.25) is 4.79 Å². The molecule has 0 amide bonds. The van der Waals surface area contributed by atoms with Gasteiger partial charge in [-0.05, 0) is 6.07 Å². The maximum absolute atomic E-state index is 11.4. The molecule has 0 aliphatic carbocycles. The van der Waals surface area contributed by atoms with Crippen LogP contribution in [0.4, 0.5) is 5.69 Å². The number of hydrogen-bond acceptors (Lipinski definition) is 5. The van der Waals surface area contributed by atoms with Crippen LogP contribution in [0.1, 0.15) is 10.4 Å². The Balaban J connectivity index is 2.57. The minimum atomic E-state index is -0.982. The zero-order chi connectivity index (χ0) is 13.3. The average Bonchev–Trinajstić information content (AvgIpc) is 2.72. The second kappa shape index (κ2) is 4.36. The Morgan fingerprint density at radius 2 is 2.28 bits per heavy atom. The Labute approximate surface area is 102 Å². The topological polar surface area (TPSA) is 107 Å². The molecule has 2 heterocycles. The van der Waals surface area contributed by atoms with Gasteiger partial charge in [-0.15, -0.1) is 0 Å². The van der Waals surface area contributed by atoms with Gasteiger partial charge in [0.05, 0.1) is 12.8 Å². The van der Waals surface area contributed by atoms with E-state index in [-0.39, 0.29) is 17.8 Å². The Bertz CT molecular complexity index is 632. The van der Waals surface area contributed by atoms with E-state index in [1.165, 1.54) is 17.9 Å². The summed E-state index contributed by atoms with van der Waals surface area (Å²) in [6, 6.07) is 1.62. The molecule has 18 heavy (non-hydrogen) atoms. The lowest BCUT2D eigenvalue weighted by Crippen LogP contribution is -2.10. The fraction of sp³-hybridized carbons (Fsp3) is 0.182. The fourth-order valence-electron chi connectivity index (χ4n) is 1.70. The molecule has 0 saturated carbocycles. The first kappa shape index (κ1) is 11.9. The normalized spacial score (nSPS) is 10.5. The molecule has 7 nitrogen and oxygen atoms in total. The number of nitrogens with two attached hydrogens (primary N) is 1. The van der Waals surface area contributed by atoms with Crippen molar-refractivity contribution in [1.82, 2.24) is 9.55 Å². The minimum Gasteiger partial charge on any atom is -0.480 e. The molecule has 2 aromatic heterocycles. The summed E-state index contributed by atoms with van der Waals surface area (Å²) < 4.78 is 6.02. The lowest BCUT2D eigenvalue weighted by atomic mass is 10.2. The van der Waals surface area contributed by atoms with Crippen molar-refractivity contribution in [1.29, 1.82) is 0 Å². The second-order valence-electron chi connectivity index (χ2n) is 3.65. The number of rotatable bonds is 3. The van der Waals surface area contributed by atoms with Crippen LogP contribution in [0.5, 0.6) is 0 Å². The van der Waals surface area contributed by atoms with Gasteiger partial charge >= 0.3 is 11.9 Å². The summed E-state index contributed by atoms with van der Waals surface area (Å²) in [6.07, 6.45) is 2.84. The predicted molar refractivity (Wildman–Crippen MR) is 63.1 cm³/mol. The van der Waals surface area contributed by atoms with Crippen LogP contribution in [-0.2, 0) is 16.1 Å². The van der Waals surface area contributed by atoms with Gasteiger partial charge in [-0.1, -0.05) is 0 Å². The number of carbonyl (C=O) groups is 2. The van der Waals surface area contributed by atoms with Crippen molar-refractivity contribution in [2.45, 2.75) is 6.54 Å². The molecule has 0 atom stereocenters. The molecular weight excluding hydrogens is 238 g/mol. The van der Waals surface area contributed by atoms with Gasteiger partial charge in [0.1, 0.15) is 17.8 Å².